The molecule has 0 spiro atoms. The van der Waals surface area contributed by atoms with Crippen molar-refractivity contribution in [2.75, 3.05) is 43.9 Å². The van der Waals surface area contributed by atoms with Crippen molar-refractivity contribution in [1.82, 2.24) is 14.9 Å². The third-order valence-corrected chi connectivity index (χ3v) is 4.19. The van der Waals surface area contributed by atoms with Crippen LogP contribution in [0.1, 0.15) is 11.6 Å². The zero-order valence-corrected chi connectivity index (χ0v) is 14.0. The van der Waals surface area contributed by atoms with E-state index in [-0.39, 0.29) is 29.3 Å². The Morgan fingerprint density at radius 1 is 1.35 bits per heavy atom. The molecule has 1 unspecified atom stereocenters. The summed E-state index contributed by atoms with van der Waals surface area (Å²) in [6, 6.07) is 6.26. The van der Waals surface area contributed by atoms with Gasteiger partial charge in [-0.3, -0.25) is 15.0 Å². The predicted octanol–water partition coefficient (Wildman–Crippen LogP) is 1.59. The number of anilines is 2. The molecule has 0 bridgehead atoms. The number of nitrogens with zero attached hydrogens (tertiary/aromatic N) is 4. The van der Waals surface area contributed by atoms with Gasteiger partial charge in [0.25, 0.3) is 0 Å². The molecule has 2 heterocycles. The summed E-state index contributed by atoms with van der Waals surface area (Å²) < 4.78 is 18.6. The molecular formula is C16H19FN6O3. The fourth-order valence-electron chi connectivity index (χ4n) is 2.83. The van der Waals surface area contributed by atoms with E-state index < -0.39 is 4.92 Å². The second kappa shape index (κ2) is 8.02. The van der Waals surface area contributed by atoms with Crippen molar-refractivity contribution in [3.05, 3.63) is 52.0 Å². The molecule has 0 aliphatic carbocycles. The summed E-state index contributed by atoms with van der Waals surface area (Å²) in [7, 11) is 0. The van der Waals surface area contributed by atoms with Crippen LogP contribution in [0.4, 0.5) is 21.8 Å². The molecule has 0 amide bonds. The lowest BCUT2D eigenvalue weighted by Gasteiger charge is -2.34. The molecular weight excluding hydrogens is 343 g/mol. The van der Waals surface area contributed by atoms with Crippen molar-refractivity contribution in [3.63, 3.8) is 0 Å². The first-order valence-electron chi connectivity index (χ1n) is 8.12. The second-order valence-electron chi connectivity index (χ2n) is 5.82. The molecule has 26 heavy (non-hydrogen) atoms. The topological polar surface area (TPSA) is 119 Å². The highest BCUT2D eigenvalue weighted by atomic mass is 19.1. The summed E-state index contributed by atoms with van der Waals surface area (Å²) in [4.78, 5) is 20.3. The van der Waals surface area contributed by atoms with Gasteiger partial charge in [0.15, 0.2) is 0 Å². The SMILES string of the molecule is Nc1nc(NCC(c2ccc(F)cc2)N2CCOCC2)ncc1[N+](=O)[O-]. The number of ether oxygens (including phenoxy) is 1. The highest BCUT2D eigenvalue weighted by Gasteiger charge is 2.23. The first kappa shape index (κ1) is 18.0. The number of nitrogens with two attached hydrogens (primary N) is 1. The molecule has 0 radical (unpaired) electrons. The summed E-state index contributed by atoms with van der Waals surface area (Å²) in [6.45, 7) is 3.17. The number of nitro groups is 1. The number of aromatic nitrogens is 2. The minimum absolute atomic E-state index is 0.0560. The fraction of sp³-hybridized carbons (Fsp3) is 0.375. The van der Waals surface area contributed by atoms with Crippen LogP contribution < -0.4 is 11.1 Å². The summed E-state index contributed by atoms with van der Waals surface area (Å²) in [6.07, 6.45) is 1.08. The third-order valence-electron chi connectivity index (χ3n) is 4.19. The van der Waals surface area contributed by atoms with Gasteiger partial charge in [0.2, 0.25) is 11.8 Å². The monoisotopic (exact) mass is 362 g/mol. The van der Waals surface area contributed by atoms with E-state index in [2.05, 4.69) is 20.2 Å². The van der Waals surface area contributed by atoms with Crippen LogP contribution in [0.2, 0.25) is 0 Å². The molecule has 1 aliphatic heterocycles. The number of nitrogens with one attached hydrogen (secondary N) is 1. The van der Waals surface area contributed by atoms with Crippen LogP contribution in [0.3, 0.4) is 0 Å². The van der Waals surface area contributed by atoms with Crippen molar-refractivity contribution < 1.29 is 14.1 Å². The van der Waals surface area contributed by atoms with Crippen LogP contribution in [0.15, 0.2) is 30.5 Å². The number of rotatable bonds is 6. The van der Waals surface area contributed by atoms with Crippen LogP contribution in [0.5, 0.6) is 0 Å². The highest BCUT2D eigenvalue weighted by Crippen LogP contribution is 2.24. The Labute approximate surface area is 149 Å². The lowest BCUT2D eigenvalue weighted by molar-refractivity contribution is -0.384. The van der Waals surface area contributed by atoms with Crippen molar-refractivity contribution in [3.8, 4) is 0 Å². The van der Waals surface area contributed by atoms with E-state index in [4.69, 9.17) is 10.5 Å². The van der Waals surface area contributed by atoms with E-state index in [1.54, 1.807) is 12.1 Å². The van der Waals surface area contributed by atoms with Crippen LogP contribution in [-0.2, 0) is 4.74 Å². The normalized spacial score (nSPS) is 16.2. The first-order valence-corrected chi connectivity index (χ1v) is 8.12. The fourth-order valence-corrected chi connectivity index (χ4v) is 2.83. The Morgan fingerprint density at radius 3 is 2.65 bits per heavy atom. The van der Waals surface area contributed by atoms with Gasteiger partial charge < -0.3 is 15.8 Å². The van der Waals surface area contributed by atoms with Gasteiger partial charge in [0, 0.05) is 19.6 Å². The Kier molecular flexibility index (Phi) is 5.54. The average Bonchev–Trinajstić information content (AvgIpc) is 2.64. The minimum atomic E-state index is -0.631. The van der Waals surface area contributed by atoms with Gasteiger partial charge in [-0.1, -0.05) is 12.1 Å². The van der Waals surface area contributed by atoms with E-state index in [0.717, 1.165) is 24.8 Å². The minimum Gasteiger partial charge on any atom is -0.379 e. The van der Waals surface area contributed by atoms with E-state index >= 15 is 0 Å². The number of benzene rings is 1. The lowest BCUT2D eigenvalue weighted by atomic mass is 10.0. The standard InChI is InChI=1S/C16H19FN6O3/c17-12-3-1-11(2-4-12)13(22-5-7-26-8-6-22)9-19-16-20-10-14(23(24)25)15(18)21-16/h1-4,10,13H,5-9H2,(H3,18,19,20,21). The molecule has 9 nitrogen and oxygen atoms in total. The average molecular weight is 362 g/mol. The van der Waals surface area contributed by atoms with Gasteiger partial charge in [0.1, 0.15) is 12.0 Å². The molecule has 3 N–H and O–H groups in total. The smallest absolute Gasteiger partial charge is 0.329 e. The summed E-state index contributed by atoms with van der Waals surface area (Å²) in [5.41, 5.74) is 6.20. The van der Waals surface area contributed by atoms with Gasteiger partial charge in [-0.25, -0.2) is 9.37 Å². The highest BCUT2D eigenvalue weighted by molar-refractivity contribution is 5.53. The summed E-state index contributed by atoms with van der Waals surface area (Å²) in [5, 5.41) is 13.9. The molecule has 10 heteroatoms. The molecule has 1 aromatic heterocycles. The first-order chi connectivity index (χ1) is 12.5. The van der Waals surface area contributed by atoms with Crippen LogP contribution >= 0.6 is 0 Å². The lowest BCUT2D eigenvalue weighted by Crippen LogP contribution is -2.41. The van der Waals surface area contributed by atoms with E-state index in [0.29, 0.717) is 19.8 Å². The van der Waals surface area contributed by atoms with Gasteiger partial charge in [-0.2, -0.15) is 4.98 Å². The molecule has 1 saturated heterocycles. The maximum atomic E-state index is 13.3. The van der Waals surface area contributed by atoms with Gasteiger partial charge in [0.05, 0.1) is 24.2 Å². The number of hydrogen-bond acceptors (Lipinski definition) is 8. The molecule has 1 fully saturated rings. The summed E-state index contributed by atoms with van der Waals surface area (Å²) >= 11 is 0. The van der Waals surface area contributed by atoms with Crippen LogP contribution in [0.25, 0.3) is 0 Å². The van der Waals surface area contributed by atoms with Gasteiger partial charge >= 0.3 is 5.69 Å². The quantitative estimate of drug-likeness (QED) is 0.587. The van der Waals surface area contributed by atoms with Crippen molar-refractivity contribution in [2.24, 2.45) is 0 Å². The Balaban J connectivity index is 1.76. The van der Waals surface area contributed by atoms with Gasteiger partial charge in [-0.05, 0) is 17.7 Å². The van der Waals surface area contributed by atoms with E-state index in [1.165, 1.54) is 12.1 Å². The molecule has 0 saturated carbocycles. The second-order valence-corrected chi connectivity index (χ2v) is 5.82. The van der Waals surface area contributed by atoms with Crippen molar-refractivity contribution >= 4 is 17.5 Å². The third kappa shape index (κ3) is 4.21. The maximum absolute atomic E-state index is 13.3. The molecule has 3 rings (SSSR count). The van der Waals surface area contributed by atoms with E-state index in [9.17, 15) is 14.5 Å². The number of morpholine rings is 1. The van der Waals surface area contributed by atoms with Crippen molar-refractivity contribution in [2.45, 2.75) is 6.04 Å². The molecule has 1 aromatic carbocycles. The molecule has 138 valence electrons. The van der Waals surface area contributed by atoms with Gasteiger partial charge in [-0.15, -0.1) is 0 Å². The predicted molar refractivity (Wildman–Crippen MR) is 93.1 cm³/mol. The maximum Gasteiger partial charge on any atom is 0.329 e. The Bertz CT molecular complexity index is 767. The number of halogens is 1. The Hall–Kier alpha value is -2.85. The number of hydrogen-bond donors (Lipinski definition) is 2. The largest absolute Gasteiger partial charge is 0.379 e. The van der Waals surface area contributed by atoms with Crippen LogP contribution in [0, 0.1) is 15.9 Å². The van der Waals surface area contributed by atoms with Crippen molar-refractivity contribution in [1.29, 1.82) is 0 Å². The van der Waals surface area contributed by atoms with E-state index in [1.807, 2.05) is 0 Å². The zero-order valence-electron chi connectivity index (χ0n) is 14.0. The van der Waals surface area contributed by atoms with Crippen LogP contribution in [-0.4, -0.2) is 52.6 Å². The number of nitrogen functional groups attached to an aromatic ring is 1. The molecule has 2 aromatic rings. The molecule has 1 aliphatic rings. The molecule has 1 atom stereocenters. The zero-order chi connectivity index (χ0) is 18.5. The summed E-state index contributed by atoms with van der Waals surface area (Å²) in [5.74, 6) is -0.292. The Morgan fingerprint density at radius 2 is 2.04 bits per heavy atom.